The Balaban J connectivity index is 2.04. The summed E-state index contributed by atoms with van der Waals surface area (Å²) in [5, 5.41) is 4.22. The number of carbonyl (C=O) groups excluding carboxylic acids is 1. The van der Waals surface area contributed by atoms with Crippen molar-refractivity contribution < 1.29 is 9.18 Å². The molecule has 0 radical (unpaired) electrons. The van der Waals surface area contributed by atoms with Crippen LogP contribution < -0.4 is 5.43 Å². The average molecular weight is 379 g/mol. The monoisotopic (exact) mass is 379 g/mol. The Morgan fingerprint density at radius 1 is 1.11 bits per heavy atom. The molecule has 3 aromatic rings. The highest BCUT2D eigenvalue weighted by molar-refractivity contribution is 5.92. The Kier molecular flexibility index (Phi) is 5.68. The van der Waals surface area contributed by atoms with E-state index in [2.05, 4.69) is 5.10 Å². The van der Waals surface area contributed by atoms with Gasteiger partial charge in [0.15, 0.2) is 5.69 Å². The van der Waals surface area contributed by atoms with Crippen LogP contribution in [0.4, 0.5) is 4.39 Å². The lowest BCUT2D eigenvalue weighted by atomic mass is 10.1. The fourth-order valence-electron chi connectivity index (χ4n) is 2.97. The second kappa shape index (κ2) is 8.17. The summed E-state index contributed by atoms with van der Waals surface area (Å²) in [4.78, 5) is 27.2. The molecule has 0 bridgehead atoms. The molecule has 5 nitrogen and oxygen atoms in total. The number of amides is 1. The van der Waals surface area contributed by atoms with Gasteiger partial charge < -0.3 is 4.90 Å². The minimum atomic E-state index is -0.481. The molecular weight excluding hydrogens is 357 g/mol. The van der Waals surface area contributed by atoms with Gasteiger partial charge in [0.1, 0.15) is 11.5 Å². The van der Waals surface area contributed by atoms with E-state index < -0.39 is 17.2 Å². The molecule has 0 aliphatic rings. The maximum Gasteiger partial charge on any atom is 0.278 e. The lowest BCUT2D eigenvalue weighted by Crippen LogP contribution is -2.40. The summed E-state index contributed by atoms with van der Waals surface area (Å²) in [5.74, 6) is -0.959. The van der Waals surface area contributed by atoms with Gasteiger partial charge >= 0.3 is 0 Å². The van der Waals surface area contributed by atoms with Gasteiger partial charge in [-0.3, -0.25) is 9.59 Å². The van der Waals surface area contributed by atoms with Crippen molar-refractivity contribution in [2.24, 2.45) is 0 Å². The van der Waals surface area contributed by atoms with Crippen LogP contribution in [0.15, 0.2) is 65.5 Å². The van der Waals surface area contributed by atoms with Crippen molar-refractivity contribution in [2.75, 3.05) is 0 Å². The van der Waals surface area contributed by atoms with Crippen LogP contribution in [-0.2, 0) is 6.54 Å². The smallest absolute Gasteiger partial charge is 0.278 e. The third-order valence-corrected chi connectivity index (χ3v) is 4.47. The summed E-state index contributed by atoms with van der Waals surface area (Å²) in [7, 11) is 0. The highest BCUT2D eigenvalue weighted by Gasteiger charge is 2.24. The van der Waals surface area contributed by atoms with Crippen LogP contribution in [0.3, 0.4) is 0 Å². The first-order chi connectivity index (χ1) is 13.4. The molecule has 2 aromatic carbocycles. The first-order valence-corrected chi connectivity index (χ1v) is 9.09. The van der Waals surface area contributed by atoms with Gasteiger partial charge in [-0.1, -0.05) is 42.5 Å². The minimum absolute atomic E-state index is 0.142. The van der Waals surface area contributed by atoms with Crippen molar-refractivity contribution in [3.8, 4) is 5.69 Å². The number of aryl methyl sites for hydroxylation is 1. The molecule has 1 heterocycles. The zero-order valence-electron chi connectivity index (χ0n) is 16.1. The largest absolute Gasteiger partial charge is 0.330 e. The molecule has 3 rings (SSSR count). The first-order valence-electron chi connectivity index (χ1n) is 9.09. The second-order valence-corrected chi connectivity index (χ2v) is 6.87. The van der Waals surface area contributed by atoms with Crippen molar-refractivity contribution in [1.29, 1.82) is 0 Å². The number of benzene rings is 2. The van der Waals surface area contributed by atoms with Gasteiger partial charge in [0.2, 0.25) is 5.43 Å². The van der Waals surface area contributed by atoms with Gasteiger partial charge in [0.25, 0.3) is 5.91 Å². The van der Waals surface area contributed by atoms with E-state index in [-0.39, 0.29) is 17.4 Å². The van der Waals surface area contributed by atoms with Crippen LogP contribution in [0.5, 0.6) is 0 Å². The molecule has 0 spiro atoms. The summed E-state index contributed by atoms with van der Waals surface area (Å²) in [6.07, 6.45) is 0. The summed E-state index contributed by atoms with van der Waals surface area (Å²) in [6.45, 7) is 5.76. The average Bonchev–Trinajstić information content (AvgIpc) is 2.67. The van der Waals surface area contributed by atoms with E-state index in [0.29, 0.717) is 12.2 Å². The van der Waals surface area contributed by atoms with Crippen LogP contribution in [0.1, 0.15) is 35.6 Å². The van der Waals surface area contributed by atoms with Crippen molar-refractivity contribution >= 4 is 5.91 Å². The maximum atomic E-state index is 14.2. The van der Waals surface area contributed by atoms with Gasteiger partial charge in [-0.2, -0.15) is 5.10 Å². The molecular formula is C22H22FN3O2. The third kappa shape index (κ3) is 4.01. The molecule has 0 atom stereocenters. The number of rotatable bonds is 5. The van der Waals surface area contributed by atoms with Gasteiger partial charge in [0.05, 0.1) is 0 Å². The number of hydrogen-bond acceptors (Lipinski definition) is 3. The van der Waals surface area contributed by atoms with Gasteiger partial charge in [-0.25, -0.2) is 9.07 Å². The number of halogens is 1. The van der Waals surface area contributed by atoms with Crippen LogP contribution in [0, 0.1) is 12.7 Å². The van der Waals surface area contributed by atoms with Crippen molar-refractivity contribution in [3.05, 3.63) is 93.7 Å². The Labute approximate surface area is 163 Å². The molecule has 0 saturated carbocycles. The Bertz CT molecular complexity index is 1050. The predicted molar refractivity (Wildman–Crippen MR) is 106 cm³/mol. The fraction of sp³-hybridized carbons (Fsp3) is 0.227. The fourth-order valence-corrected chi connectivity index (χ4v) is 2.97. The van der Waals surface area contributed by atoms with Crippen molar-refractivity contribution in [2.45, 2.75) is 33.4 Å². The van der Waals surface area contributed by atoms with Crippen LogP contribution in [0.25, 0.3) is 5.69 Å². The highest BCUT2D eigenvalue weighted by atomic mass is 19.1. The summed E-state index contributed by atoms with van der Waals surface area (Å²) in [5.41, 5.74) is 0.886. The van der Waals surface area contributed by atoms with E-state index in [0.717, 1.165) is 5.56 Å². The Morgan fingerprint density at radius 2 is 1.75 bits per heavy atom. The lowest BCUT2D eigenvalue weighted by Gasteiger charge is -2.26. The summed E-state index contributed by atoms with van der Waals surface area (Å²) >= 11 is 0. The molecule has 28 heavy (non-hydrogen) atoms. The van der Waals surface area contributed by atoms with E-state index in [9.17, 15) is 14.0 Å². The lowest BCUT2D eigenvalue weighted by molar-refractivity contribution is 0.0680. The first kappa shape index (κ1) is 19.5. The number of para-hydroxylation sites is 1. The zero-order chi connectivity index (χ0) is 20.3. The molecule has 1 aromatic heterocycles. The van der Waals surface area contributed by atoms with E-state index in [1.54, 1.807) is 30.0 Å². The quantitative estimate of drug-likeness (QED) is 0.679. The summed E-state index contributed by atoms with van der Waals surface area (Å²) in [6, 6.07) is 16.8. The van der Waals surface area contributed by atoms with Crippen molar-refractivity contribution in [1.82, 2.24) is 14.7 Å². The number of hydrogen-bond donors (Lipinski definition) is 0. The highest BCUT2D eigenvalue weighted by Crippen LogP contribution is 2.15. The zero-order valence-corrected chi connectivity index (χ0v) is 16.1. The topological polar surface area (TPSA) is 55.2 Å². The number of aromatic nitrogens is 2. The second-order valence-electron chi connectivity index (χ2n) is 6.87. The molecule has 1 amide bonds. The molecule has 144 valence electrons. The Morgan fingerprint density at radius 3 is 2.39 bits per heavy atom. The third-order valence-electron chi connectivity index (χ3n) is 4.47. The van der Waals surface area contributed by atoms with E-state index in [4.69, 9.17) is 0 Å². The normalized spacial score (nSPS) is 10.9. The minimum Gasteiger partial charge on any atom is -0.330 e. The van der Waals surface area contributed by atoms with Crippen molar-refractivity contribution in [3.63, 3.8) is 0 Å². The standard InChI is InChI=1S/C22H22FN3O2/c1-15(2)25(14-17-9-5-4-6-10-17)22(28)21-20(27)13-16(3)26(24-21)19-12-8-7-11-18(19)23/h4-13,15H,14H2,1-3H3. The van der Waals surface area contributed by atoms with Crippen LogP contribution in [0.2, 0.25) is 0 Å². The van der Waals surface area contributed by atoms with E-state index in [1.807, 2.05) is 44.2 Å². The van der Waals surface area contributed by atoms with Crippen LogP contribution >= 0.6 is 0 Å². The molecule has 0 saturated heterocycles. The van der Waals surface area contributed by atoms with Gasteiger partial charge in [0, 0.05) is 24.3 Å². The SMILES string of the molecule is Cc1cc(=O)c(C(=O)N(Cc2ccccc2)C(C)C)nn1-c1ccccc1F. The van der Waals surface area contributed by atoms with Crippen LogP contribution in [-0.4, -0.2) is 26.6 Å². The van der Waals surface area contributed by atoms with Gasteiger partial charge in [-0.15, -0.1) is 0 Å². The number of nitrogens with zero attached hydrogens (tertiary/aromatic N) is 3. The Hall–Kier alpha value is -3.28. The predicted octanol–water partition coefficient (Wildman–Crippen LogP) is 3.73. The van der Waals surface area contributed by atoms with Gasteiger partial charge in [-0.05, 0) is 38.5 Å². The molecule has 0 aliphatic carbocycles. The van der Waals surface area contributed by atoms with E-state index >= 15 is 0 Å². The molecule has 0 unspecified atom stereocenters. The molecule has 6 heteroatoms. The van der Waals surface area contributed by atoms with E-state index in [1.165, 1.54) is 16.8 Å². The maximum absolute atomic E-state index is 14.2. The number of carbonyl (C=O) groups is 1. The molecule has 0 aliphatic heterocycles. The molecule has 0 fully saturated rings. The molecule has 0 N–H and O–H groups in total. The summed E-state index contributed by atoms with van der Waals surface area (Å²) < 4.78 is 15.5.